The molecule has 1 amide bonds. The van der Waals surface area contributed by atoms with Crippen LogP contribution in [0.4, 0.5) is 11.4 Å². The molecule has 0 unspecified atom stereocenters. The molecule has 0 aliphatic rings. The highest BCUT2D eigenvalue weighted by atomic mass is 79.9. The summed E-state index contributed by atoms with van der Waals surface area (Å²) in [4.78, 5) is 16.7. The number of halogens is 1. The van der Waals surface area contributed by atoms with Gasteiger partial charge in [0.1, 0.15) is 0 Å². The molecule has 1 aromatic heterocycles. The summed E-state index contributed by atoms with van der Waals surface area (Å²) in [5.74, 6) is -0.166. The number of rotatable bonds is 3. The Hall–Kier alpha value is -1.88. The lowest BCUT2D eigenvalue weighted by Gasteiger charge is -2.14. The van der Waals surface area contributed by atoms with E-state index in [0.29, 0.717) is 5.56 Å². The summed E-state index contributed by atoms with van der Waals surface area (Å²) in [6.07, 6.45) is 1.60. The van der Waals surface area contributed by atoms with Gasteiger partial charge in [0.2, 0.25) is 0 Å². The highest BCUT2D eigenvalue weighted by Crippen LogP contribution is 2.26. The van der Waals surface area contributed by atoms with Gasteiger partial charge in [-0.15, -0.1) is 0 Å². The van der Waals surface area contributed by atoms with E-state index in [4.69, 9.17) is 0 Å². The molecule has 1 heterocycles. The maximum atomic E-state index is 12.5. The number of aryl methyl sites for hydroxylation is 3. The molecule has 2 aromatic rings. The first-order valence-corrected chi connectivity index (χ1v) is 7.44. The molecule has 110 valence electrons. The first-order valence-electron chi connectivity index (χ1n) is 6.65. The van der Waals surface area contributed by atoms with Crippen LogP contribution < -0.4 is 10.6 Å². The van der Waals surface area contributed by atoms with E-state index in [1.165, 1.54) is 0 Å². The summed E-state index contributed by atoms with van der Waals surface area (Å²) >= 11 is 3.46. The van der Waals surface area contributed by atoms with Gasteiger partial charge < -0.3 is 10.6 Å². The maximum Gasteiger partial charge on any atom is 0.259 e. The predicted octanol–water partition coefficient (Wildman–Crippen LogP) is 4.06. The molecule has 0 bridgehead atoms. The summed E-state index contributed by atoms with van der Waals surface area (Å²) in [6.45, 7) is 5.84. The monoisotopic (exact) mass is 347 g/mol. The first kappa shape index (κ1) is 15.5. The van der Waals surface area contributed by atoms with E-state index in [1.807, 2.05) is 39.0 Å². The van der Waals surface area contributed by atoms with Crippen LogP contribution >= 0.6 is 15.9 Å². The average Bonchev–Trinajstić information content (AvgIpc) is 2.42. The van der Waals surface area contributed by atoms with E-state index in [-0.39, 0.29) is 5.91 Å². The van der Waals surface area contributed by atoms with E-state index >= 15 is 0 Å². The fourth-order valence-corrected chi connectivity index (χ4v) is 2.92. The zero-order valence-electron chi connectivity index (χ0n) is 12.5. The topological polar surface area (TPSA) is 54.0 Å². The minimum Gasteiger partial charge on any atom is -0.387 e. The number of hydrogen-bond acceptors (Lipinski definition) is 3. The van der Waals surface area contributed by atoms with Crippen LogP contribution in [0, 0.1) is 20.8 Å². The van der Waals surface area contributed by atoms with Crippen LogP contribution in [-0.2, 0) is 0 Å². The van der Waals surface area contributed by atoms with Crippen molar-refractivity contribution in [3.63, 3.8) is 0 Å². The standard InChI is InChI=1S/C16H18BrN3O/c1-9-5-12(17)6-10(2)15(9)20-16(21)13-8-19-11(3)7-14(13)18-4/h5-8H,1-4H3,(H,18,19)(H,20,21). The number of amides is 1. The summed E-state index contributed by atoms with van der Waals surface area (Å²) in [5.41, 5.74) is 5.04. The highest BCUT2D eigenvalue weighted by Gasteiger charge is 2.14. The van der Waals surface area contributed by atoms with Crippen molar-refractivity contribution < 1.29 is 4.79 Å². The number of hydrogen-bond donors (Lipinski definition) is 2. The Morgan fingerprint density at radius 2 is 1.76 bits per heavy atom. The lowest BCUT2D eigenvalue weighted by Crippen LogP contribution is -2.16. The summed E-state index contributed by atoms with van der Waals surface area (Å²) < 4.78 is 1.00. The number of aromatic nitrogens is 1. The Labute approximate surface area is 133 Å². The zero-order valence-corrected chi connectivity index (χ0v) is 14.1. The van der Waals surface area contributed by atoms with E-state index in [1.54, 1.807) is 13.2 Å². The summed E-state index contributed by atoms with van der Waals surface area (Å²) in [5, 5.41) is 6.01. The second-order valence-electron chi connectivity index (χ2n) is 4.99. The molecule has 0 fully saturated rings. The Morgan fingerprint density at radius 1 is 1.14 bits per heavy atom. The smallest absolute Gasteiger partial charge is 0.259 e. The number of carbonyl (C=O) groups excluding carboxylic acids is 1. The molecule has 0 radical (unpaired) electrons. The average molecular weight is 348 g/mol. The predicted molar refractivity (Wildman–Crippen MR) is 90.1 cm³/mol. The molecule has 0 saturated carbocycles. The maximum absolute atomic E-state index is 12.5. The number of carbonyl (C=O) groups is 1. The van der Waals surface area contributed by atoms with Crippen molar-refractivity contribution in [3.05, 3.63) is 51.3 Å². The lowest BCUT2D eigenvalue weighted by molar-refractivity contribution is 0.102. The Kier molecular flexibility index (Phi) is 4.63. The molecule has 0 saturated heterocycles. The molecule has 4 nitrogen and oxygen atoms in total. The van der Waals surface area contributed by atoms with Gasteiger partial charge in [-0.05, 0) is 50.1 Å². The van der Waals surface area contributed by atoms with Crippen LogP contribution in [0.3, 0.4) is 0 Å². The van der Waals surface area contributed by atoms with Gasteiger partial charge in [-0.1, -0.05) is 15.9 Å². The molecular formula is C16H18BrN3O. The molecular weight excluding hydrogens is 330 g/mol. The normalized spacial score (nSPS) is 10.3. The molecule has 2 rings (SSSR count). The van der Waals surface area contributed by atoms with Crippen molar-refractivity contribution >= 4 is 33.2 Å². The van der Waals surface area contributed by atoms with Gasteiger partial charge in [0, 0.05) is 29.1 Å². The fourth-order valence-electron chi connectivity index (χ4n) is 2.24. The van der Waals surface area contributed by atoms with Gasteiger partial charge in [-0.2, -0.15) is 0 Å². The van der Waals surface area contributed by atoms with Crippen LogP contribution in [0.1, 0.15) is 27.2 Å². The molecule has 1 aromatic carbocycles. The van der Waals surface area contributed by atoms with Crippen molar-refractivity contribution in [1.29, 1.82) is 0 Å². The first-order chi connectivity index (χ1) is 9.92. The third-order valence-electron chi connectivity index (χ3n) is 3.29. The lowest BCUT2D eigenvalue weighted by atomic mass is 10.1. The second kappa shape index (κ2) is 6.26. The van der Waals surface area contributed by atoms with Gasteiger partial charge in [-0.3, -0.25) is 9.78 Å². The Balaban J connectivity index is 2.35. The van der Waals surface area contributed by atoms with Gasteiger partial charge in [0.25, 0.3) is 5.91 Å². The third-order valence-corrected chi connectivity index (χ3v) is 3.75. The zero-order chi connectivity index (χ0) is 15.6. The molecule has 0 aliphatic carbocycles. The minimum atomic E-state index is -0.166. The van der Waals surface area contributed by atoms with Gasteiger partial charge >= 0.3 is 0 Å². The highest BCUT2D eigenvalue weighted by molar-refractivity contribution is 9.10. The van der Waals surface area contributed by atoms with E-state index < -0.39 is 0 Å². The number of anilines is 2. The van der Waals surface area contributed by atoms with E-state index in [2.05, 4.69) is 31.5 Å². The SMILES string of the molecule is CNc1cc(C)ncc1C(=O)Nc1c(C)cc(Br)cc1C. The van der Waals surface area contributed by atoms with Crippen LogP contribution in [0.5, 0.6) is 0 Å². The van der Waals surface area contributed by atoms with Crippen molar-refractivity contribution in [2.75, 3.05) is 17.7 Å². The molecule has 5 heteroatoms. The van der Waals surface area contributed by atoms with Crippen molar-refractivity contribution in [1.82, 2.24) is 4.98 Å². The van der Waals surface area contributed by atoms with Crippen LogP contribution in [0.2, 0.25) is 0 Å². The van der Waals surface area contributed by atoms with Crippen molar-refractivity contribution in [2.45, 2.75) is 20.8 Å². The summed E-state index contributed by atoms with van der Waals surface area (Å²) in [6, 6.07) is 5.82. The molecule has 0 aliphatic heterocycles. The molecule has 0 atom stereocenters. The minimum absolute atomic E-state index is 0.166. The van der Waals surface area contributed by atoms with Gasteiger partial charge in [-0.25, -0.2) is 0 Å². The number of benzene rings is 1. The number of pyridine rings is 1. The van der Waals surface area contributed by atoms with E-state index in [9.17, 15) is 4.79 Å². The summed E-state index contributed by atoms with van der Waals surface area (Å²) in [7, 11) is 1.79. The second-order valence-corrected chi connectivity index (χ2v) is 5.91. The van der Waals surface area contributed by atoms with E-state index in [0.717, 1.165) is 32.7 Å². The molecule has 2 N–H and O–H groups in total. The largest absolute Gasteiger partial charge is 0.387 e. The van der Waals surface area contributed by atoms with Crippen LogP contribution in [-0.4, -0.2) is 17.9 Å². The number of nitrogens with zero attached hydrogens (tertiary/aromatic N) is 1. The van der Waals surface area contributed by atoms with Crippen LogP contribution in [0.15, 0.2) is 28.9 Å². The van der Waals surface area contributed by atoms with Crippen molar-refractivity contribution in [3.8, 4) is 0 Å². The van der Waals surface area contributed by atoms with Gasteiger partial charge in [0.15, 0.2) is 0 Å². The number of nitrogens with one attached hydrogen (secondary N) is 2. The molecule has 21 heavy (non-hydrogen) atoms. The Bertz CT molecular complexity index is 675. The van der Waals surface area contributed by atoms with Crippen molar-refractivity contribution in [2.24, 2.45) is 0 Å². The third kappa shape index (κ3) is 3.42. The fraction of sp³-hybridized carbons (Fsp3) is 0.250. The van der Waals surface area contributed by atoms with Gasteiger partial charge in [0.05, 0.1) is 11.3 Å². The molecule has 0 spiro atoms. The van der Waals surface area contributed by atoms with Crippen LogP contribution in [0.25, 0.3) is 0 Å². The quantitative estimate of drug-likeness (QED) is 0.879. The Morgan fingerprint density at radius 3 is 2.33 bits per heavy atom.